The summed E-state index contributed by atoms with van der Waals surface area (Å²) in [6.45, 7) is 8.77. The molecule has 1 heteroatoms. The minimum atomic E-state index is 0.160. The van der Waals surface area contributed by atoms with Gasteiger partial charge in [0.15, 0.2) is 5.75 Å². The average Bonchev–Trinajstić information content (AvgIpc) is 3.06. The van der Waals surface area contributed by atoms with Crippen molar-refractivity contribution in [3.63, 3.8) is 0 Å². The van der Waals surface area contributed by atoms with E-state index in [-0.39, 0.29) is 12.0 Å². The van der Waals surface area contributed by atoms with Crippen LogP contribution in [0.5, 0.6) is 5.75 Å². The molecular formula is C30H28O. The summed E-state index contributed by atoms with van der Waals surface area (Å²) < 4.78 is 5.28. The lowest BCUT2D eigenvalue weighted by molar-refractivity contribution is 0.368. The first-order valence-corrected chi connectivity index (χ1v) is 10.4. The number of ether oxygens (including phenoxy) is 1. The molecule has 0 radical (unpaired) electrons. The second-order valence-electron chi connectivity index (χ2n) is 7.18. The van der Waals surface area contributed by atoms with Crippen molar-refractivity contribution in [2.45, 2.75) is 33.1 Å². The highest BCUT2D eigenvalue weighted by Crippen LogP contribution is 2.47. The Kier molecular flexibility index (Phi) is 8.15. The van der Waals surface area contributed by atoms with Crippen molar-refractivity contribution in [3.8, 4) is 53.9 Å². The second kappa shape index (κ2) is 10.8. The van der Waals surface area contributed by atoms with Crippen LogP contribution < -0.4 is 4.74 Å². The quantitative estimate of drug-likeness (QED) is 0.433. The zero-order valence-electron chi connectivity index (χ0n) is 18.7. The molecule has 3 aromatic carbocycles. The first kappa shape index (κ1) is 23.4. The summed E-state index contributed by atoms with van der Waals surface area (Å²) >= 11 is 0. The van der Waals surface area contributed by atoms with E-state index in [4.69, 9.17) is 24.0 Å². The summed E-state index contributed by atoms with van der Waals surface area (Å²) in [5.74, 6) is 7.85. The van der Waals surface area contributed by atoms with Crippen molar-refractivity contribution < 1.29 is 4.74 Å². The van der Waals surface area contributed by atoms with Crippen LogP contribution in [0.15, 0.2) is 66.7 Å². The van der Waals surface area contributed by atoms with Gasteiger partial charge in [0.2, 0.25) is 0 Å². The standard InChI is InChI=1S/C15H14.C13H8O.C2H6/c1-15(2)13-9-5-3-7-11(13)12-8-4-6-10-14(12)15;1-4-10-14-13-11(5-2)8-7-9-12(13)6-3;1-2/h3-10H,1-2H3;1-3,7-9H,10H2;1-2H3. The number of benzene rings is 3. The fraction of sp³-hybridized carbons (Fsp3) is 0.200. The highest BCUT2D eigenvalue weighted by atomic mass is 16.5. The fourth-order valence-corrected chi connectivity index (χ4v) is 3.70. The van der Waals surface area contributed by atoms with Crippen LogP contribution in [-0.4, -0.2) is 6.61 Å². The van der Waals surface area contributed by atoms with Crippen molar-refractivity contribution in [2.75, 3.05) is 6.61 Å². The third-order valence-electron chi connectivity index (χ3n) is 5.12. The molecule has 0 spiro atoms. The first-order chi connectivity index (χ1) is 15.0. The molecule has 0 atom stereocenters. The van der Waals surface area contributed by atoms with Crippen LogP contribution in [0.1, 0.15) is 49.9 Å². The van der Waals surface area contributed by atoms with Gasteiger partial charge < -0.3 is 4.74 Å². The normalized spacial score (nSPS) is 11.5. The van der Waals surface area contributed by atoms with Crippen molar-refractivity contribution in [3.05, 3.63) is 89.0 Å². The van der Waals surface area contributed by atoms with E-state index in [1.54, 1.807) is 18.2 Å². The summed E-state index contributed by atoms with van der Waals surface area (Å²) in [6, 6.07) is 22.7. The second-order valence-corrected chi connectivity index (χ2v) is 7.18. The third-order valence-corrected chi connectivity index (χ3v) is 5.12. The van der Waals surface area contributed by atoms with Crippen molar-refractivity contribution >= 4 is 0 Å². The van der Waals surface area contributed by atoms with Gasteiger partial charge in [0.1, 0.15) is 6.61 Å². The molecular weight excluding hydrogens is 376 g/mol. The van der Waals surface area contributed by atoms with Crippen LogP contribution in [-0.2, 0) is 5.41 Å². The first-order valence-electron chi connectivity index (χ1n) is 10.4. The van der Waals surface area contributed by atoms with E-state index in [0.29, 0.717) is 16.9 Å². The molecule has 0 heterocycles. The molecule has 3 aromatic rings. The van der Waals surface area contributed by atoms with Gasteiger partial charge in [0.25, 0.3) is 0 Å². The highest BCUT2D eigenvalue weighted by molar-refractivity contribution is 5.80. The fourth-order valence-electron chi connectivity index (χ4n) is 3.70. The lowest BCUT2D eigenvalue weighted by atomic mass is 9.82. The van der Waals surface area contributed by atoms with E-state index in [2.05, 4.69) is 80.1 Å². The number of fused-ring (bicyclic) bond motifs is 3. The zero-order valence-corrected chi connectivity index (χ0v) is 18.7. The van der Waals surface area contributed by atoms with E-state index < -0.39 is 0 Å². The van der Waals surface area contributed by atoms with Crippen molar-refractivity contribution in [1.82, 2.24) is 0 Å². The monoisotopic (exact) mass is 404 g/mol. The van der Waals surface area contributed by atoms with Crippen LogP contribution in [0.3, 0.4) is 0 Å². The van der Waals surface area contributed by atoms with Gasteiger partial charge in [0, 0.05) is 5.41 Å². The Morgan fingerprint density at radius 1 is 0.710 bits per heavy atom. The van der Waals surface area contributed by atoms with Crippen LogP contribution in [0.25, 0.3) is 11.1 Å². The zero-order chi connectivity index (χ0) is 22.9. The smallest absolute Gasteiger partial charge is 0.151 e. The summed E-state index contributed by atoms with van der Waals surface area (Å²) in [7, 11) is 0. The maximum absolute atomic E-state index is 5.30. The Bertz CT molecular complexity index is 1080. The lowest BCUT2D eigenvalue weighted by Crippen LogP contribution is -2.14. The largest absolute Gasteiger partial charge is 0.478 e. The van der Waals surface area contributed by atoms with Gasteiger partial charge in [-0.3, -0.25) is 0 Å². The number of rotatable bonds is 2. The summed E-state index contributed by atoms with van der Waals surface area (Å²) in [5, 5.41) is 0. The van der Waals surface area contributed by atoms with Gasteiger partial charge in [-0.1, -0.05) is 100 Å². The van der Waals surface area contributed by atoms with E-state index in [0.717, 1.165) is 0 Å². The predicted octanol–water partition coefficient (Wildman–Crippen LogP) is 6.68. The molecule has 0 N–H and O–H groups in total. The van der Waals surface area contributed by atoms with Crippen LogP contribution in [0.2, 0.25) is 0 Å². The molecule has 0 aliphatic heterocycles. The molecule has 0 unspecified atom stereocenters. The van der Waals surface area contributed by atoms with E-state index in [9.17, 15) is 0 Å². The molecule has 0 amide bonds. The van der Waals surface area contributed by atoms with Gasteiger partial charge in [0.05, 0.1) is 11.1 Å². The summed E-state index contributed by atoms with van der Waals surface area (Å²) in [4.78, 5) is 0. The van der Waals surface area contributed by atoms with Crippen LogP contribution in [0, 0.1) is 37.0 Å². The van der Waals surface area contributed by atoms with Gasteiger partial charge >= 0.3 is 0 Å². The molecule has 0 saturated carbocycles. The van der Waals surface area contributed by atoms with Crippen LogP contribution in [0.4, 0.5) is 0 Å². The van der Waals surface area contributed by atoms with E-state index in [1.165, 1.54) is 22.3 Å². The van der Waals surface area contributed by atoms with Crippen LogP contribution >= 0.6 is 0 Å². The molecule has 0 saturated heterocycles. The SMILES string of the molecule is C#CCOc1c(C#C)cccc1C#C.CC.CC1(C)c2ccccc2-c2ccccc21. The van der Waals surface area contributed by atoms with E-state index in [1.807, 2.05) is 13.8 Å². The van der Waals surface area contributed by atoms with Crippen molar-refractivity contribution in [1.29, 1.82) is 0 Å². The molecule has 0 bridgehead atoms. The molecule has 0 fully saturated rings. The molecule has 31 heavy (non-hydrogen) atoms. The number of para-hydroxylation sites is 1. The van der Waals surface area contributed by atoms with Gasteiger partial charge in [-0.2, -0.15) is 0 Å². The topological polar surface area (TPSA) is 9.23 Å². The molecule has 1 aliphatic rings. The minimum Gasteiger partial charge on any atom is -0.478 e. The average molecular weight is 405 g/mol. The Balaban J connectivity index is 0.000000205. The summed E-state index contributed by atoms with van der Waals surface area (Å²) in [6.07, 6.45) is 15.7. The third kappa shape index (κ3) is 4.83. The van der Waals surface area contributed by atoms with Gasteiger partial charge in [-0.25, -0.2) is 0 Å². The molecule has 0 aromatic heterocycles. The van der Waals surface area contributed by atoms with Gasteiger partial charge in [-0.05, 0) is 34.4 Å². The number of terminal acetylenes is 3. The predicted molar refractivity (Wildman–Crippen MR) is 132 cm³/mol. The Morgan fingerprint density at radius 3 is 1.58 bits per heavy atom. The Hall–Kier alpha value is -3.86. The maximum atomic E-state index is 5.30. The molecule has 1 nitrogen and oxygen atoms in total. The Labute approximate surface area is 187 Å². The molecule has 4 rings (SSSR count). The minimum absolute atomic E-state index is 0.160. The Morgan fingerprint density at radius 2 is 1.16 bits per heavy atom. The maximum Gasteiger partial charge on any atom is 0.151 e. The lowest BCUT2D eigenvalue weighted by Gasteiger charge is -2.20. The highest BCUT2D eigenvalue weighted by Gasteiger charge is 2.34. The number of hydrogen-bond acceptors (Lipinski definition) is 1. The van der Waals surface area contributed by atoms with E-state index >= 15 is 0 Å². The molecule has 1 aliphatic carbocycles. The number of hydrogen-bond donors (Lipinski definition) is 0. The van der Waals surface area contributed by atoms with Gasteiger partial charge in [-0.15, -0.1) is 19.3 Å². The summed E-state index contributed by atoms with van der Waals surface area (Å²) in [5.41, 5.74) is 7.10. The van der Waals surface area contributed by atoms with Crippen molar-refractivity contribution in [2.24, 2.45) is 0 Å². The molecule has 154 valence electrons.